The summed E-state index contributed by atoms with van der Waals surface area (Å²) in [6.45, 7) is 8.08. The molecule has 9 nitrogen and oxygen atoms in total. The lowest BCUT2D eigenvalue weighted by atomic mass is 9.90. The van der Waals surface area contributed by atoms with E-state index in [0.717, 1.165) is 31.4 Å². The second kappa shape index (κ2) is 12.5. The molecule has 0 saturated heterocycles. The summed E-state index contributed by atoms with van der Waals surface area (Å²) in [7, 11) is 0. The number of anilines is 3. The van der Waals surface area contributed by atoms with Gasteiger partial charge < -0.3 is 25.8 Å². The van der Waals surface area contributed by atoms with Gasteiger partial charge in [-0.1, -0.05) is 58.2 Å². The fraction of sp³-hybridized carbons (Fsp3) is 0.484. The van der Waals surface area contributed by atoms with Gasteiger partial charge in [0, 0.05) is 35.8 Å². The number of Topliss-reactive ketones (excluding diaryl/α,β-unsaturated/α-hetero) is 1. The van der Waals surface area contributed by atoms with E-state index in [1.807, 2.05) is 52.0 Å². The van der Waals surface area contributed by atoms with E-state index in [0.29, 0.717) is 30.0 Å². The lowest BCUT2D eigenvalue weighted by Gasteiger charge is -2.37. The van der Waals surface area contributed by atoms with Crippen LogP contribution in [0.1, 0.15) is 70.2 Å². The van der Waals surface area contributed by atoms with Crippen LogP contribution in [-0.2, 0) is 9.59 Å². The molecule has 1 aliphatic heterocycles. The van der Waals surface area contributed by atoms with Gasteiger partial charge in [0.15, 0.2) is 5.78 Å². The maximum absolute atomic E-state index is 14.1. The zero-order valence-corrected chi connectivity index (χ0v) is 24.0. The highest BCUT2D eigenvalue weighted by Crippen LogP contribution is 2.37. The van der Waals surface area contributed by atoms with Crippen molar-refractivity contribution in [1.82, 2.24) is 10.6 Å². The number of carbonyl (C=O) groups excluding carboxylic acids is 4. The van der Waals surface area contributed by atoms with E-state index in [-0.39, 0.29) is 30.2 Å². The highest BCUT2D eigenvalue weighted by molar-refractivity contribution is 6.08. The molecule has 2 aliphatic rings. The highest BCUT2D eigenvalue weighted by atomic mass is 16.2. The average Bonchev–Trinajstić information content (AvgIpc) is 3.04. The van der Waals surface area contributed by atoms with Gasteiger partial charge in [-0.25, -0.2) is 4.79 Å². The van der Waals surface area contributed by atoms with E-state index >= 15 is 0 Å². The summed E-state index contributed by atoms with van der Waals surface area (Å²) in [6.07, 6.45) is 5.44. The number of hydrogen-bond donors (Lipinski definition) is 3. The number of urea groups is 1. The van der Waals surface area contributed by atoms with E-state index in [2.05, 4.69) is 20.9 Å². The third-order valence-electron chi connectivity index (χ3n) is 7.60. The first-order valence-electron chi connectivity index (χ1n) is 14.2. The van der Waals surface area contributed by atoms with Crippen molar-refractivity contribution in [2.24, 2.45) is 5.41 Å². The Labute approximate surface area is 236 Å². The predicted octanol–water partition coefficient (Wildman–Crippen LogP) is 4.73. The quantitative estimate of drug-likeness (QED) is 0.464. The van der Waals surface area contributed by atoms with Crippen molar-refractivity contribution >= 4 is 40.7 Å². The summed E-state index contributed by atoms with van der Waals surface area (Å²) in [5.41, 5.74) is 1.84. The number of para-hydroxylation sites is 2. The maximum atomic E-state index is 14.1. The summed E-state index contributed by atoms with van der Waals surface area (Å²) in [4.78, 5) is 56.4. The molecular formula is C31H41N5O4. The van der Waals surface area contributed by atoms with Gasteiger partial charge in [0.25, 0.3) is 11.8 Å². The molecule has 214 valence electrons. The van der Waals surface area contributed by atoms with E-state index < -0.39 is 17.5 Å². The minimum atomic E-state index is -0.881. The molecule has 2 aromatic rings. The second-order valence-corrected chi connectivity index (χ2v) is 11.6. The van der Waals surface area contributed by atoms with Gasteiger partial charge in [-0.2, -0.15) is 0 Å². The van der Waals surface area contributed by atoms with Gasteiger partial charge >= 0.3 is 6.03 Å². The van der Waals surface area contributed by atoms with Crippen molar-refractivity contribution in [3.8, 4) is 0 Å². The Bertz CT molecular complexity index is 1250. The average molecular weight is 548 g/mol. The number of ketones is 1. The van der Waals surface area contributed by atoms with Crippen molar-refractivity contribution in [3.63, 3.8) is 0 Å². The molecule has 0 aromatic heterocycles. The Balaban J connectivity index is 1.62. The Morgan fingerprint density at radius 1 is 0.950 bits per heavy atom. The molecule has 4 rings (SSSR count). The maximum Gasteiger partial charge on any atom is 0.319 e. The van der Waals surface area contributed by atoms with E-state index in [9.17, 15) is 19.2 Å². The molecule has 0 unspecified atom stereocenters. The number of amides is 4. The van der Waals surface area contributed by atoms with Crippen LogP contribution in [0.15, 0.2) is 48.5 Å². The Morgan fingerprint density at radius 2 is 1.65 bits per heavy atom. The van der Waals surface area contributed by atoms with Gasteiger partial charge in [0.05, 0.1) is 17.9 Å². The Morgan fingerprint density at radius 3 is 2.33 bits per heavy atom. The molecule has 9 heteroatoms. The number of fused-ring (bicyclic) bond motifs is 1. The van der Waals surface area contributed by atoms with Crippen LogP contribution < -0.4 is 25.8 Å². The Hall–Kier alpha value is -3.88. The minimum absolute atomic E-state index is 0.0628. The van der Waals surface area contributed by atoms with E-state index in [1.165, 1.54) is 11.3 Å². The fourth-order valence-corrected chi connectivity index (χ4v) is 5.33. The first-order chi connectivity index (χ1) is 19.1. The predicted molar refractivity (Wildman–Crippen MR) is 158 cm³/mol. The van der Waals surface area contributed by atoms with Crippen molar-refractivity contribution in [2.45, 2.75) is 71.9 Å². The molecule has 3 N–H and O–H groups in total. The fourth-order valence-electron chi connectivity index (χ4n) is 5.33. The monoisotopic (exact) mass is 547 g/mol. The van der Waals surface area contributed by atoms with Crippen LogP contribution in [0.2, 0.25) is 0 Å². The van der Waals surface area contributed by atoms with Crippen LogP contribution in [0.3, 0.4) is 0 Å². The largest absolute Gasteiger partial charge is 0.364 e. The van der Waals surface area contributed by atoms with Crippen molar-refractivity contribution in [2.75, 3.05) is 34.8 Å². The number of nitrogens with zero attached hydrogens (tertiary/aromatic N) is 2. The van der Waals surface area contributed by atoms with Gasteiger partial charge in [0.1, 0.15) is 6.04 Å². The van der Waals surface area contributed by atoms with Crippen molar-refractivity contribution in [3.05, 3.63) is 54.1 Å². The van der Waals surface area contributed by atoms with E-state index in [1.54, 1.807) is 24.3 Å². The van der Waals surface area contributed by atoms with Crippen LogP contribution in [0.4, 0.5) is 21.9 Å². The lowest BCUT2D eigenvalue weighted by Crippen LogP contribution is -2.55. The number of carbonyl (C=O) groups is 4. The lowest BCUT2D eigenvalue weighted by molar-refractivity contribution is -0.127. The van der Waals surface area contributed by atoms with Crippen molar-refractivity contribution in [1.29, 1.82) is 0 Å². The summed E-state index contributed by atoms with van der Waals surface area (Å²) >= 11 is 0. The Kier molecular flexibility index (Phi) is 9.12. The third kappa shape index (κ3) is 6.81. The molecule has 0 bridgehead atoms. The molecule has 1 fully saturated rings. The second-order valence-electron chi connectivity index (χ2n) is 11.6. The van der Waals surface area contributed by atoms with Crippen LogP contribution in [0.25, 0.3) is 0 Å². The molecule has 1 atom stereocenters. The first-order valence-corrected chi connectivity index (χ1v) is 14.2. The highest BCUT2D eigenvalue weighted by Gasteiger charge is 2.39. The molecule has 40 heavy (non-hydrogen) atoms. The molecular weight excluding hydrogens is 506 g/mol. The number of benzene rings is 2. The summed E-state index contributed by atoms with van der Waals surface area (Å²) < 4.78 is 0. The van der Waals surface area contributed by atoms with Crippen LogP contribution in [0.5, 0.6) is 0 Å². The number of rotatable bonds is 7. The smallest absolute Gasteiger partial charge is 0.319 e. The zero-order chi connectivity index (χ0) is 28.9. The molecule has 1 saturated carbocycles. The zero-order valence-electron chi connectivity index (χ0n) is 24.0. The molecule has 1 aliphatic carbocycles. The standard InChI is InChI=1S/C31H41N5O4/c1-5-32-28(38)21-12-11-13-22(18-21)33-30(40)34-24-19-35(23-14-7-6-8-15-23)25-16-9-10-17-26(25)36(29(24)39)20-27(37)31(2,3)4/h9-13,16-18,23-24H,5-8,14-15,19-20H2,1-4H3,(H,32,38)(H2,33,34,40)/t24-/m1/s1. The van der Waals surface area contributed by atoms with Gasteiger partial charge in [-0.05, 0) is 50.1 Å². The van der Waals surface area contributed by atoms with Gasteiger partial charge in [-0.15, -0.1) is 0 Å². The molecule has 2 aromatic carbocycles. The van der Waals surface area contributed by atoms with Crippen molar-refractivity contribution < 1.29 is 19.2 Å². The topological polar surface area (TPSA) is 111 Å². The normalized spacial score (nSPS) is 18.0. The van der Waals surface area contributed by atoms with E-state index in [4.69, 9.17) is 0 Å². The molecule has 0 radical (unpaired) electrons. The SMILES string of the molecule is CCNC(=O)c1cccc(NC(=O)N[C@@H]2CN(C3CCCCC3)c3ccccc3N(CC(=O)C(C)(C)C)C2=O)c1. The van der Waals surface area contributed by atoms with Gasteiger partial charge in [-0.3, -0.25) is 14.4 Å². The number of hydrogen-bond acceptors (Lipinski definition) is 5. The summed E-state index contributed by atoms with van der Waals surface area (Å²) in [6, 6.07) is 13.2. The summed E-state index contributed by atoms with van der Waals surface area (Å²) in [5, 5.41) is 8.40. The van der Waals surface area contributed by atoms with Gasteiger partial charge in [0.2, 0.25) is 0 Å². The van der Waals surface area contributed by atoms with Crippen LogP contribution in [0, 0.1) is 5.41 Å². The third-order valence-corrected chi connectivity index (χ3v) is 7.60. The number of nitrogens with one attached hydrogen (secondary N) is 3. The summed E-state index contributed by atoms with van der Waals surface area (Å²) in [5.74, 6) is -0.618. The molecule has 1 heterocycles. The molecule has 4 amide bonds. The minimum Gasteiger partial charge on any atom is -0.364 e. The first kappa shape index (κ1) is 29.1. The van der Waals surface area contributed by atoms with Crippen LogP contribution in [-0.4, -0.2) is 55.3 Å². The van der Waals surface area contributed by atoms with Crippen LogP contribution >= 0.6 is 0 Å². The molecule has 0 spiro atoms.